The molecule has 0 bridgehead atoms. The number of hydrogen-bond acceptors (Lipinski definition) is 3. The molecule has 0 spiro atoms. The zero-order valence-electron chi connectivity index (χ0n) is 15.2. The molecule has 0 amide bonds. The average molecular weight is 363 g/mol. The molecule has 2 rings (SSSR count). The van der Waals surface area contributed by atoms with Gasteiger partial charge < -0.3 is 4.18 Å². The lowest BCUT2D eigenvalue weighted by atomic mass is 10.0. The molecule has 0 fully saturated rings. The van der Waals surface area contributed by atoms with Crippen molar-refractivity contribution in [2.24, 2.45) is 0 Å². The van der Waals surface area contributed by atoms with Crippen LogP contribution in [-0.4, -0.2) is 8.42 Å². The van der Waals surface area contributed by atoms with E-state index in [0.29, 0.717) is 5.75 Å². The Morgan fingerprint density at radius 1 is 0.760 bits per heavy atom. The second kappa shape index (κ2) is 11.1. The number of rotatable bonds is 12. The van der Waals surface area contributed by atoms with Gasteiger partial charge in [0, 0.05) is 0 Å². The van der Waals surface area contributed by atoms with Crippen molar-refractivity contribution in [2.75, 3.05) is 0 Å². The van der Waals surface area contributed by atoms with Crippen LogP contribution in [0.4, 0.5) is 0 Å². The summed E-state index contributed by atoms with van der Waals surface area (Å²) < 4.78 is 26.0. The molecule has 0 radical (unpaired) electrons. The van der Waals surface area contributed by atoms with Crippen molar-refractivity contribution in [3.05, 3.63) is 42.0 Å². The molecule has 0 unspecified atom stereocenters. The van der Waals surface area contributed by atoms with Crippen LogP contribution >= 0.6 is 0 Å². The van der Waals surface area contributed by atoms with E-state index in [1.54, 1.807) is 12.1 Å². The Bertz CT molecular complexity index is 714. The van der Waals surface area contributed by atoms with Gasteiger partial charge in [-0.15, -0.1) is 0 Å². The topological polar surface area (TPSA) is 43.4 Å². The summed E-state index contributed by atoms with van der Waals surface area (Å²) in [6, 6.07) is 11.8. The van der Waals surface area contributed by atoms with Gasteiger partial charge in [0.1, 0.15) is 5.75 Å². The van der Waals surface area contributed by atoms with Crippen molar-refractivity contribution in [3.63, 3.8) is 0 Å². The Labute approximate surface area is 153 Å². The second-order valence-electron chi connectivity index (χ2n) is 6.74. The highest BCUT2D eigenvalue weighted by molar-refractivity contribution is 7.67. The third kappa shape index (κ3) is 7.47. The normalized spacial score (nSPS) is 11.3. The quantitative estimate of drug-likeness (QED) is 0.382. The molecular weight excluding hydrogens is 332 g/mol. The first-order valence-electron chi connectivity index (χ1n) is 9.54. The maximum Gasteiger partial charge on any atom is 0.299 e. The molecule has 2 aromatic rings. The summed E-state index contributed by atoms with van der Waals surface area (Å²) >= 11 is 0. The lowest BCUT2D eigenvalue weighted by Crippen LogP contribution is -1.90. The molecule has 0 aliphatic heterocycles. The summed E-state index contributed by atoms with van der Waals surface area (Å²) in [5, 5.41) is 2.13. The highest BCUT2D eigenvalue weighted by atomic mass is 32.2. The van der Waals surface area contributed by atoms with Crippen molar-refractivity contribution in [1.82, 2.24) is 0 Å². The van der Waals surface area contributed by atoms with E-state index >= 15 is 0 Å². The molecule has 0 aliphatic carbocycles. The van der Waals surface area contributed by atoms with Crippen molar-refractivity contribution < 1.29 is 12.6 Å². The molecule has 0 saturated heterocycles. The zero-order chi connectivity index (χ0) is 17.9. The monoisotopic (exact) mass is 362 g/mol. The molecule has 0 saturated carbocycles. The predicted octanol–water partition coefficient (Wildman–Crippen LogP) is 5.82. The number of aryl methyl sites for hydroxylation is 1. The van der Waals surface area contributed by atoms with Gasteiger partial charge in [0.05, 0.1) is 0 Å². The minimum atomic E-state index is -2.86. The van der Waals surface area contributed by atoms with Crippen molar-refractivity contribution in [1.29, 1.82) is 0 Å². The third-order valence-corrected chi connectivity index (χ3v) is 4.98. The first-order valence-corrected chi connectivity index (χ1v) is 10.6. The summed E-state index contributed by atoms with van der Waals surface area (Å²) in [6.45, 7) is 2.26. The molecular formula is C21H30O3S. The summed E-state index contributed by atoms with van der Waals surface area (Å²) in [7, 11) is -2.86. The molecule has 0 atom stereocenters. The largest absolute Gasteiger partial charge is 0.384 e. The van der Waals surface area contributed by atoms with Crippen molar-refractivity contribution in [3.8, 4) is 5.75 Å². The number of hydrogen-bond donors (Lipinski definition) is 1. The van der Waals surface area contributed by atoms with Gasteiger partial charge in [0.2, 0.25) is 0 Å². The Balaban J connectivity index is 1.73. The van der Waals surface area contributed by atoms with Gasteiger partial charge in [-0.1, -0.05) is 82.6 Å². The van der Waals surface area contributed by atoms with Gasteiger partial charge in [-0.3, -0.25) is 0 Å². The van der Waals surface area contributed by atoms with Crippen LogP contribution in [0.25, 0.3) is 10.8 Å². The molecule has 25 heavy (non-hydrogen) atoms. The fraction of sp³-hybridized carbons (Fsp3) is 0.524. The van der Waals surface area contributed by atoms with Crippen molar-refractivity contribution in [2.45, 2.75) is 71.1 Å². The molecule has 0 aliphatic rings. The maximum atomic E-state index is 10.6. The van der Waals surface area contributed by atoms with E-state index in [1.807, 2.05) is 12.1 Å². The summed E-state index contributed by atoms with van der Waals surface area (Å²) in [5.41, 5.74) is 1.35. The predicted molar refractivity (Wildman–Crippen MR) is 106 cm³/mol. The fourth-order valence-corrected chi connectivity index (χ4v) is 3.50. The lowest BCUT2D eigenvalue weighted by molar-refractivity contribution is 0.511. The van der Waals surface area contributed by atoms with E-state index in [4.69, 9.17) is 4.18 Å². The SMILES string of the molecule is CCCCCCCCCCCc1ccc2cc(O[SH](=O)=O)ccc2c1. The molecule has 2 aromatic carbocycles. The van der Waals surface area contributed by atoms with Crippen LogP contribution in [0.2, 0.25) is 0 Å². The Hall–Kier alpha value is -1.55. The summed E-state index contributed by atoms with van der Waals surface area (Å²) in [4.78, 5) is 0. The summed E-state index contributed by atoms with van der Waals surface area (Å²) in [6.07, 6.45) is 13.2. The number of benzene rings is 2. The summed E-state index contributed by atoms with van der Waals surface area (Å²) in [5.74, 6) is 0.371. The van der Waals surface area contributed by atoms with Crippen LogP contribution in [0.5, 0.6) is 5.75 Å². The van der Waals surface area contributed by atoms with E-state index in [-0.39, 0.29) is 0 Å². The fourth-order valence-electron chi connectivity index (χ4n) is 3.21. The standard InChI is InChI=1S/C21H30O3S/c1-2-3-4-5-6-7-8-9-10-11-18-12-13-20-17-21(24-25(22)23)15-14-19(20)16-18/h12-17,25H,2-11H2,1H3. The molecule has 0 N–H and O–H groups in total. The molecule has 3 nitrogen and oxygen atoms in total. The minimum absolute atomic E-state index is 0.371. The maximum absolute atomic E-state index is 10.6. The van der Waals surface area contributed by atoms with E-state index in [0.717, 1.165) is 17.2 Å². The van der Waals surface area contributed by atoms with E-state index in [2.05, 4.69) is 19.1 Å². The van der Waals surface area contributed by atoms with Gasteiger partial charge in [-0.2, -0.15) is 8.42 Å². The number of unbranched alkanes of at least 4 members (excludes halogenated alkanes) is 8. The second-order valence-corrected chi connectivity index (χ2v) is 7.37. The Kier molecular flexibility index (Phi) is 8.81. The Morgan fingerprint density at radius 2 is 1.36 bits per heavy atom. The van der Waals surface area contributed by atoms with Gasteiger partial charge >= 0.3 is 0 Å². The molecule has 138 valence electrons. The van der Waals surface area contributed by atoms with Crippen molar-refractivity contribution >= 4 is 21.8 Å². The van der Waals surface area contributed by atoms with Crippen LogP contribution in [0.3, 0.4) is 0 Å². The first-order chi connectivity index (χ1) is 12.2. The van der Waals surface area contributed by atoms with Gasteiger partial charge in [0.15, 0.2) is 0 Å². The van der Waals surface area contributed by atoms with Crippen LogP contribution in [0, 0.1) is 0 Å². The van der Waals surface area contributed by atoms with Crippen LogP contribution < -0.4 is 4.18 Å². The minimum Gasteiger partial charge on any atom is -0.384 e. The highest BCUT2D eigenvalue weighted by Crippen LogP contribution is 2.23. The molecule has 4 heteroatoms. The molecule has 0 heterocycles. The van der Waals surface area contributed by atoms with Crippen LogP contribution in [-0.2, 0) is 17.4 Å². The highest BCUT2D eigenvalue weighted by Gasteiger charge is 2.01. The number of thiol groups is 1. The first kappa shape index (κ1) is 19.8. The van der Waals surface area contributed by atoms with Gasteiger partial charge in [-0.25, -0.2) is 0 Å². The number of fused-ring (bicyclic) bond motifs is 1. The van der Waals surface area contributed by atoms with E-state index < -0.39 is 11.0 Å². The van der Waals surface area contributed by atoms with E-state index in [9.17, 15) is 8.42 Å². The third-order valence-electron chi connectivity index (χ3n) is 4.63. The van der Waals surface area contributed by atoms with Crippen LogP contribution in [0.1, 0.15) is 70.3 Å². The van der Waals surface area contributed by atoms with Gasteiger partial charge in [0.25, 0.3) is 11.0 Å². The average Bonchev–Trinajstić information content (AvgIpc) is 2.60. The zero-order valence-corrected chi connectivity index (χ0v) is 16.1. The Morgan fingerprint density at radius 3 is 2.04 bits per heavy atom. The van der Waals surface area contributed by atoms with Gasteiger partial charge in [-0.05, 0) is 41.3 Å². The smallest absolute Gasteiger partial charge is 0.299 e. The lowest BCUT2D eigenvalue weighted by Gasteiger charge is -2.06. The van der Waals surface area contributed by atoms with Crippen LogP contribution in [0.15, 0.2) is 36.4 Å². The van der Waals surface area contributed by atoms with E-state index in [1.165, 1.54) is 63.4 Å². The molecule has 0 aromatic heterocycles.